The van der Waals surface area contributed by atoms with E-state index >= 15 is 0 Å². The summed E-state index contributed by atoms with van der Waals surface area (Å²) in [6, 6.07) is 6.87. The second-order valence-corrected chi connectivity index (χ2v) is 5.29. The van der Waals surface area contributed by atoms with E-state index in [0.717, 1.165) is 18.4 Å². The first-order valence-corrected chi connectivity index (χ1v) is 6.42. The highest BCUT2D eigenvalue weighted by Crippen LogP contribution is 2.41. The first-order valence-electron chi connectivity index (χ1n) is 6.42. The van der Waals surface area contributed by atoms with Gasteiger partial charge in [0.25, 0.3) is 0 Å². The van der Waals surface area contributed by atoms with E-state index in [1.807, 2.05) is 0 Å². The van der Waals surface area contributed by atoms with Gasteiger partial charge in [0.15, 0.2) is 0 Å². The SMILES string of the molecule is Cl.O.O.O.O.O.O=C=C1CN[C@@H]2Cc3c[nH]c4cccc(c34)[C@H]2C1. The number of carbonyl (C=O) groups excluding carboxylic acids is 1. The zero-order valence-electron chi connectivity index (χ0n) is 12.9. The molecule has 0 radical (unpaired) electrons. The maximum absolute atomic E-state index is 10.9. The molecule has 4 rings (SSSR count). The van der Waals surface area contributed by atoms with Crippen LogP contribution < -0.4 is 5.32 Å². The minimum atomic E-state index is 0. The second-order valence-electron chi connectivity index (χ2n) is 5.29. The quantitative estimate of drug-likeness (QED) is 0.520. The Bertz CT molecular complexity index is 698. The first kappa shape index (κ1) is 27.1. The zero-order chi connectivity index (χ0) is 12.1. The Balaban J connectivity index is -0.000000735. The Kier molecular flexibility index (Phi) is 11.5. The van der Waals surface area contributed by atoms with Gasteiger partial charge in [0.2, 0.25) is 0 Å². The van der Waals surface area contributed by atoms with Crippen molar-refractivity contribution in [3.63, 3.8) is 0 Å². The van der Waals surface area contributed by atoms with Crippen LogP contribution in [-0.2, 0) is 11.2 Å². The van der Waals surface area contributed by atoms with Crippen LogP contribution in [0.4, 0.5) is 0 Å². The Morgan fingerprint density at radius 1 is 1.04 bits per heavy atom. The fourth-order valence-corrected chi connectivity index (χ4v) is 3.49. The second kappa shape index (κ2) is 10.2. The summed E-state index contributed by atoms with van der Waals surface area (Å²) >= 11 is 0. The van der Waals surface area contributed by atoms with Crippen LogP contribution >= 0.6 is 12.4 Å². The third-order valence-electron chi connectivity index (χ3n) is 4.33. The Morgan fingerprint density at radius 3 is 2.42 bits per heavy atom. The summed E-state index contributed by atoms with van der Waals surface area (Å²) in [7, 11) is 0. The summed E-state index contributed by atoms with van der Waals surface area (Å²) in [5.74, 6) is 2.50. The number of nitrogens with one attached hydrogen (secondary N) is 2. The lowest BCUT2D eigenvalue weighted by atomic mass is 9.75. The predicted molar refractivity (Wildman–Crippen MR) is 95.7 cm³/mol. The molecule has 1 saturated heterocycles. The van der Waals surface area contributed by atoms with Gasteiger partial charge >= 0.3 is 0 Å². The lowest BCUT2D eigenvalue weighted by Crippen LogP contribution is -2.44. The summed E-state index contributed by atoms with van der Waals surface area (Å²) in [6.07, 6.45) is 4.02. The maximum atomic E-state index is 10.9. The van der Waals surface area contributed by atoms with Gasteiger partial charge in [0.1, 0.15) is 5.94 Å². The molecule has 0 bridgehead atoms. The molecule has 2 aromatic rings. The van der Waals surface area contributed by atoms with Gasteiger partial charge < -0.3 is 37.7 Å². The van der Waals surface area contributed by atoms with Crippen LogP contribution in [0.5, 0.6) is 0 Å². The van der Waals surface area contributed by atoms with E-state index in [-0.39, 0.29) is 39.8 Å². The first-order chi connectivity index (χ1) is 8.86. The minimum Gasteiger partial charge on any atom is -0.412 e. The van der Waals surface area contributed by atoms with Crippen LogP contribution in [-0.4, -0.2) is 50.9 Å². The molecule has 8 nitrogen and oxygen atoms in total. The third kappa shape index (κ3) is 3.84. The summed E-state index contributed by atoms with van der Waals surface area (Å²) in [5, 5.41) is 4.85. The number of hydrogen-bond acceptors (Lipinski definition) is 2. The van der Waals surface area contributed by atoms with Crippen molar-refractivity contribution in [2.45, 2.75) is 24.8 Å². The van der Waals surface area contributed by atoms with Crippen LogP contribution in [0.15, 0.2) is 30.0 Å². The fraction of sp³-hybridized carbons (Fsp3) is 0.333. The molecule has 0 unspecified atom stereocenters. The van der Waals surface area contributed by atoms with E-state index < -0.39 is 0 Å². The molecule has 2 aliphatic rings. The standard InChI is InChI=1S/C15H14N2O.ClH.5H2O/c18-8-9-4-12-11-2-1-3-13-15(11)10(7-17-13)5-14(12)16-6-9;;;;;;/h1-3,7,12,14,16-17H,4-6H2;1H;5*1H2/t12-,14-;;;;;;/m1....../s1. The molecule has 0 saturated carbocycles. The molecule has 1 fully saturated rings. The van der Waals surface area contributed by atoms with Crippen LogP contribution in [0.1, 0.15) is 23.5 Å². The Morgan fingerprint density at radius 2 is 1.75 bits per heavy atom. The van der Waals surface area contributed by atoms with Gasteiger partial charge in [-0.15, -0.1) is 12.4 Å². The molecule has 1 aliphatic heterocycles. The molecular formula is C15H25ClN2O6. The monoisotopic (exact) mass is 364 g/mol. The van der Waals surface area contributed by atoms with Gasteiger partial charge in [-0.25, -0.2) is 4.79 Å². The molecule has 12 N–H and O–H groups in total. The van der Waals surface area contributed by atoms with Gasteiger partial charge in [-0.1, -0.05) is 12.1 Å². The van der Waals surface area contributed by atoms with Crippen LogP contribution in [0.2, 0.25) is 0 Å². The van der Waals surface area contributed by atoms with Crippen LogP contribution in [0.25, 0.3) is 10.9 Å². The van der Waals surface area contributed by atoms with Crippen molar-refractivity contribution >= 4 is 29.3 Å². The number of benzene rings is 1. The number of fused-ring (bicyclic) bond motifs is 2. The molecule has 2 heterocycles. The lowest BCUT2D eigenvalue weighted by Gasteiger charge is -2.36. The van der Waals surface area contributed by atoms with Crippen molar-refractivity contribution in [1.29, 1.82) is 0 Å². The molecule has 138 valence electrons. The zero-order valence-corrected chi connectivity index (χ0v) is 13.7. The van der Waals surface area contributed by atoms with E-state index in [1.165, 1.54) is 22.0 Å². The van der Waals surface area contributed by atoms with Crippen molar-refractivity contribution in [2.24, 2.45) is 0 Å². The van der Waals surface area contributed by atoms with Crippen LogP contribution in [0, 0.1) is 0 Å². The predicted octanol–water partition coefficient (Wildman–Crippen LogP) is -1.77. The highest BCUT2D eigenvalue weighted by Gasteiger charge is 2.34. The Hall–Kier alpha value is -1.74. The summed E-state index contributed by atoms with van der Waals surface area (Å²) in [6.45, 7) is 0.695. The number of rotatable bonds is 0. The lowest BCUT2D eigenvalue weighted by molar-refractivity contribution is 0.393. The molecule has 2 atom stereocenters. The van der Waals surface area contributed by atoms with Crippen LogP contribution in [0.3, 0.4) is 0 Å². The highest BCUT2D eigenvalue weighted by molar-refractivity contribution is 5.88. The number of H-pyrrole nitrogens is 1. The average molecular weight is 365 g/mol. The average Bonchev–Trinajstić information content (AvgIpc) is 2.83. The maximum Gasteiger partial charge on any atom is 0.124 e. The highest BCUT2D eigenvalue weighted by atomic mass is 35.5. The molecule has 1 aliphatic carbocycles. The normalized spacial score (nSPS) is 19.4. The van der Waals surface area contributed by atoms with Gasteiger partial charge in [0.05, 0.1) is 0 Å². The third-order valence-corrected chi connectivity index (χ3v) is 4.33. The minimum absolute atomic E-state index is 0. The summed E-state index contributed by atoms with van der Waals surface area (Å²) in [4.78, 5) is 14.2. The van der Waals surface area contributed by atoms with Gasteiger partial charge in [-0.2, -0.15) is 0 Å². The van der Waals surface area contributed by atoms with E-state index in [4.69, 9.17) is 0 Å². The fourth-order valence-electron chi connectivity index (χ4n) is 3.49. The van der Waals surface area contributed by atoms with Gasteiger partial charge in [-0.05, 0) is 30.0 Å². The number of aromatic amines is 1. The Labute approximate surface area is 144 Å². The van der Waals surface area contributed by atoms with E-state index in [2.05, 4.69) is 40.6 Å². The van der Waals surface area contributed by atoms with Gasteiger partial charge in [0, 0.05) is 41.2 Å². The number of piperidine rings is 1. The molecule has 1 aromatic carbocycles. The van der Waals surface area contributed by atoms with Gasteiger partial charge in [-0.3, -0.25) is 0 Å². The molecule has 0 spiro atoms. The van der Waals surface area contributed by atoms with Crippen molar-refractivity contribution < 1.29 is 32.2 Å². The molecule has 9 heteroatoms. The van der Waals surface area contributed by atoms with E-state index in [0.29, 0.717) is 18.5 Å². The molecular weight excluding hydrogens is 340 g/mol. The number of halogens is 1. The van der Waals surface area contributed by atoms with E-state index in [1.54, 1.807) is 0 Å². The number of hydrogen-bond donors (Lipinski definition) is 2. The molecule has 1 aromatic heterocycles. The van der Waals surface area contributed by atoms with Crippen molar-refractivity contribution in [1.82, 2.24) is 10.3 Å². The van der Waals surface area contributed by atoms with E-state index in [9.17, 15) is 4.79 Å². The van der Waals surface area contributed by atoms with Crippen molar-refractivity contribution in [2.75, 3.05) is 6.54 Å². The van der Waals surface area contributed by atoms with Crippen molar-refractivity contribution in [3.8, 4) is 0 Å². The topological polar surface area (TPSA) is 202 Å². The summed E-state index contributed by atoms with van der Waals surface area (Å²) < 4.78 is 0. The largest absolute Gasteiger partial charge is 0.412 e. The molecule has 24 heavy (non-hydrogen) atoms. The van der Waals surface area contributed by atoms with Crippen molar-refractivity contribution in [3.05, 3.63) is 41.1 Å². The number of aromatic nitrogens is 1. The smallest absolute Gasteiger partial charge is 0.124 e. The summed E-state index contributed by atoms with van der Waals surface area (Å²) in [5.41, 5.74) is 4.85. The molecule has 0 amide bonds.